The van der Waals surface area contributed by atoms with Crippen molar-refractivity contribution in [2.75, 3.05) is 0 Å². The number of amides is 1. The van der Waals surface area contributed by atoms with Crippen molar-refractivity contribution < 1.29 is 13.2 Å². The summed E-state index contributed by atoms with van der Waals surface area (Å²) in [4.78, 5) is 17.1. The molecule has 0 atom stereocenters. The fraction of sp³-hybridized carbons (Fsp3) is 0.115. The van der Waals surface area contributed by atoms with Gasteiger partial charge in [0.15, 0.2) is 0 Å². The van der Waals surface area contributed by atoms with Crippen LogP contribution in [0.2, 0.25) is 0 Å². The van der Waals surface area contributed by atoms with Crippen LogP contribution in [0.1, 0.15) is 27.3 Å². The van der Waals surface area contributed by atoms with E-state index in [-0.39, 0.29) is 22.2 Å². The van der Waals surface area contributed by atoms with Crippen molar-refractivity contribution in [2.45, 2.75) is 30.2 Å². The highest BCUT2D eigenvalue weighted by Gasteiger charge is 2.19. The van der Waals surface area contributed by atoms with Crippen molar-refractivity contribution in [3.05, 3.63) is 101 Å². The molecule has 0 unspecified atom stereocenters. The molecule has 35 heavy (non-hydrogen) atoms. The average Bonchev–Trinajstić information content (AvgIpc) is 3.47. The van der Waals surface area contributed by atoms with Crippen molar-refractivity contribution >= 4 is 37.3 Å². The van der Waals surface area contributed by atoms with Gasteiger partial charge in [0.05, 0.1) is 36.9 Å². The molecule has 0 bridgehead atoms. The number of thiazole rings is 1. The second-order valence-electron chi connectivity index (χ2n) is 8.20. The second kappa shape index (κ2) is 9.09. The molecule has 0 saturated carbocycles. The van der Waals surface area contributed by atoms with Crippen LogP contribution in [-0.4, -0.2) is 29.1 Å². The maximum atomic E-state index is 13.3. The molecule has 9 heteroatoms. The SMILES string of the molecule is Cc1cc(C)n(-c2cccc(S(=O)(=O)c3ccc(CNC(=O)c4ccc5ncsc5c4)cc3)c2)n1. The molecule has 0 saturated heterocycles. The van der Waals surface area contributed by atoms with E-state index >= 15 is 0 Å². The molecule has 0 fully saturated rings. The lowest BCUT2D eigenvalue weighted by molar-refractivity contribution is 0.0951. The predicted octanol–water partition coefficient (Wildman–Crippen LogP) is 4.86. The molecule has 0 aliphatic heterocycles. The highest BCUT2D eigenvalue weighted by atomic mass is 32.2. The van der Waals surface area contributed by atoms with Crippen molar-refractivity contribution in [3.63, 3.8) is 0 Å². The zero-order valence-electron chi connectivity index (χ0n) is 19.1. The van der Waals surface area contributed by atoms with Crippen LogP contribution in [0.15, 0.2) is 88.1 Å². The molecule has 5 rings (SSSR count). The van der Waals surface area contributed by atoms with Crippen LogP contribution in [0, 0.1) is 13.8 Å². The number of aryl methyl sites for hydroxylation is 2. The number of carbonyl (C=O) groups is 1. The first-order valence-electron chi connectivity index (χ1n) is 10.9. The van der Waals surface area contributed by atoms with Gasteiger partial charge in [0.1, 0.15) is 0 Å². The van der Waals surface area contributed by atoms with Crippen molar-refractivity contribution in [1.29, 1.82) is 0 Å². The number of nitrogens with one attached hydrogen (secondary N) is 1. The number of carbonyl (C=O) groups excluding carboxylic acids is 1. The molecule has 2 heterocycles. The lowest BCUT2D eigenvalue weighted by atomic mass is 10.2. The van der Waals surface area contributed by atoms with Gasteiger partial charge in [-0.05, 0) is 74.0 Å². The molecule has 2 aromatic heterocycles. The van der Waals surface area contributed by atoms with Gasteiger partial charge in [-0.15, -0.1) is 11.3 Å². The first kappa shape index (κ1) is 22.9. The van der Waals surface area contributed by atoms with Crippen LogP contribution < -0.4 is 5.32 Å². The molecule has 1 amide bonds. The van der Waals surface area contributed by atoms with Gasteiger partial charge >= 0.3 is 0 Å². The van der Waals surface area contributed by atoms with Gasteiger partial charge in [-0.3, -0.25) is 4.79 Å². The summed E-state index contributed by atoms with van der Waals surface area (Å²) in [6.45, 7) is 4.11. The zero-order valence-corrected chi connectivity index (χ0v) is 20.7. The van der Waals surface area contributed by atoms with Crippen molar-refractivity contribution in [3.8, 4) is 5.69 Å². The summed E-state index contributed by atoms with van der Waals surface area (Å²) in [7, 11) is -3.72. The van der Waals surface area contributed by atoms with E-state index in [4.69, 9.17) is 0 Å². The van der Waals surface area contributed by atoms with E-state index in [1.165, 1.54) is 11.3 Å². The minimum absolute atomic E-state index is 0.189. The molecule has 5 aromatic rings. The van der Waals surface area contributed by atoms with Gasteiger partial charge in [0.25, 0.3) is 5.91 Å². The monoisotopic (exact) mass is 502 g/mol. The Morgan fingerprint density at radius 3 is 2.51 bits per heavy atom. The van der Waals surface area contributed by atoms with Gasteiger partial charge in [-0.1, -0.05) is 18.2 Å². The molecule has 0 aliphatic carbocycles. The summed E-state index contributed by atoms with van der Waals surface area (Å²) in [6, 6.07) is 20.6. The summed E-state index contributed by atoms with van der Waals surface area (Å²) >= 11 is 1.48. The number of benzene rings is 3. The molecule has 0 radical (unpaired) electrons. The van der Waals surface area contributed by atoms with E-state index < -0.39 is 9.84 Å². The summed E-state index contributed by atoms with van der Waals surface area (Å²) in [5, 5.41) is 7.32. The Balaban J connectivity index is 1.31. The molecule has 0 spiro atoms. The number of sulfone groups is 1. The number of aromatic nitrogens is 3. The van der Waals surface area contributed by atoms with Crippen LogP contribution in [0.4, 0.5) is 0 Å². The Morgan fingerprint density at radius 1 is 0.971 bits per heavy atom. The fourth-order valence-electron chi connectivity index (χ4n) is 3.88. The first-order chi connectivity index (χ1) is 16.8. The Hall–Kier alpha value is -3.82. The summed E-state index contributed by atoms with van der Waals surface area (Å²) < 4.78 is 29.2. The third-order valence-corrected chi connectivity index (χ3v) is 8.22. The Morgan fingerprint density at radius 2 is 1.77 bits per heavy atom. The highest BCUT2D eigenvalue weighted by Crippen LogP contribution is 2.24. The Kier molecular flexibility index (Phi) is 5.96. The predicted molar refractivity (Wildman–Crippen MR) is 136 cm³/mol. The number of fused-ring (bicyclic) bond motifs is 1. The third kappa shape index (κ3) is 4.60. The normalized spacial score (nSPS) is 11.6. The van der Waals surface area contributed by atoms with Crippen LogP contribution in [0.25, 0.3) is 15.9 Å². The van der Waals surface area contributed by atoms with Gasteiger partial charge in [0.2, 0.25) is 9.84 Å². The second-order valence-corrected chi connectivity index (χ2v) is 11.0. The van der Waals surface area contributed by atoms with Gasteiger partial charge in [0, 0.05) is 17.8 Å². The average molecular weight is 503 g/mol. The molecular weight excluding hydrogens is 480 g/mol. The zero-order chi connectivity index (χ0) is 24.6. The van der Waals surface area contributed by atoms with Gasteiger partial charge < -0.3 is 5.32 Å². The lowest BCUT2D eigenvalue weighted by Crippen LogP contribution is -2.22. The number of rotatable bonds is 6. The largest absolute Gasteiger partial charge is 0.348 e. The molecule has 0 aliphatic rings. The third-order valence-electron chi connectivity index (χ3n) is 5.66. The van der Waals surface area contributed by atoms with Crippen LogP contribution in [0.3, 0.4) is 0 Å². The summed E-state index contributed by atoms with van der Waals surface area (Å²) in [5.74, 6) is -0.196. The molecule has 1 N–H and O–H groups in total. The minimum atomic E-state index is -3.72. The number of hydrogen-bond acceptors (Lipinski definition) is 6. The van der Waals surface area contributed by atoms with Gasteiger partial charge in [-0.2, -0.15) is 5.10 Å². The molecular formula is C26H22N4O3S2. The van der Waals surface area contributed by atoms with E-state index in [2.05, 4.69) is 15.4 Å². The standard InChI is InChI=1S/C26H22N4O3S2/c1-17-12-18(2)30(29-17)21-4-3-5-23(14-21)35(32,33)22-9-6-19(7-10-22)15-27-26(31)20-8-11-24-25(13-20)34-16-28-24/h3-14,16H,15H2,1-2H3,(H,27,31). The van der Waals surface area contributed by atoms with E-state index in [1.807, 2.05) is 38.1 Å². The Bertz CT molecular complexity index is 1650. The highest BCUT2D eigenvalue weighted by molar-refractivity contribution is 7.91. The Labute approximate surface area is 207 Å². The maximum Gasteiger partial charge on any atom is 0.251 e. The molecule has 176 valence electrons. The van der Waals surface area contributed by atoms with E-state index in [0.717, 1.165) is 27.2 Å². The van der Waals surface area contributed by atoms with Crippen molar-refractivity contribution in [2.24, 2.45) is 0 Å². The van der Waals surface area contributed by atoms with E-state index in [0.29, 0.717) is 11.3 Å². The minimum Gasteiger partial charge on any atom is -0.348 e. The van der Waals surface area contributed by atoms with Crippen LogP contribution in [0.5, 0.6) is 0 Å². The van der Waals surface area contributed by atoms with Gasteiger partial charge in [-0.25, -0.2) is 18.1 Å². The smallest absolute Gasteiger partial charge is 0.251 e. The quantitative estimate of drug-likeness (QED) is 0.358. The summed E-state index contributed by atoms with van der Waals surface area (Å²) in [5.41, 5.74) is 6.45. The molecule has 7 nitrogen and oxygen atoms in total. The first-order valence-corrected chi connectivity index (χ1v) is 13.3. The molecule has 3 aromatic carbocycles. The number of hydrogen-bond donors (Lipinski definition) is 1. The topological polar surface area (TPSA) is 94.0 Å². The number of nitrogens with zero attached hydrogens (tertiary/aromatic N) is 3. The maximum absolute atomic E-state index is 13.3. The summed E-state index contributed by atoms with van der Waals surface area (Å²) in [6.07, 6.45) is 0. The van der Waals surface area contributed by atoms with Crippen LogP contribution >= 0.6 is 11.3 Å². The van der Waals surface area contributed by atoms with E-state index in [1.54, 1.807) is 58.7 Å². The lowest BCUT2D eigenvalue weighted by Gasteiger charge is -2.10. The fourth-order valence-corrected chi connectivity index (χ4v) is 5.89. The van der Waals surface area contributed by atoms with Crippen LogP contribution in [-0.2, 0) is 16.4 Å². The van der Waals surface area contributed by atoms with E-state index in [9.17, 15) is 13.2 Å². The van der Waals surface area contributed by atoms with Crippen molar-refractivity contribution in [1.82, 2.24) is 20.1 Å².